The van der Waals surface area contributed by atoms with E-state index in [0.717, 1.165) is 6.42 Å². The number of morpholine rings is 1. The van der Waals surface area contributed by atoms with Gasteiger partial charge < -0.3 is 10.1 Å². The summed E-state index contributed by atoms with van der Waals surface area (Å²) in [7, 11) is -1.74. The molecule has 0 bridgehead atoms. The van der Waals surface area contributed by atoms with Gasteiger partial charge >= 0.3 is 0 Å². The van der Waals surface area contributed by atoms with Gasteiger partial charge in [0.05, 0.1) is 20.3 Å². The Kier molecular flexibility index (Phi) is 6.52. The van der Waals surface area contributed by atoms with Gasteiger partial charge in [-0.15, -0.1) is 0 Å². The van der Waals surface area contributed by atoms with Gasteiger partial charge in [0, 0.05) is 25.7 Å². The smallest absolute Gasteiger partial charge is 0.274 e. The number of hydrogen-bond donors (Lipinski definition) is 1. The van der Waals surface area contributed by atoms with Crippen LogP contribution in [-0.2, 0) is 19.6 Å². The minimum atomic E-state index is -3.52. The number of nitrogens with zero attached hydrogens (tertiary/aromatic N) is 2. The molecule has 1 fully saturated rings. The van der Waals surface area contributed by atoms with Crippen molar-refractivity contribution in [1.82, 2.24) is 9.62 Å². The molecular formula is C15H25N4O4S+. The quantitative estimate of drug-likeness (QED) is 0.709. The highest BCUT2D eigenvalue weighted by Gasteiger charge is 2.27. The Labute approximate surface area is 142 Å². The Balaban J connectivity index is 2.02. The van der Waals surface area contributed by atoms with E-state index < -0.39 is 10.0 Å². The fourth-order valence-corrected chi connectivity index (χ4v) is 3.73. The Morgan fingerprint density at radius 2 is 2.08 bits per heavy atom. The van der Waals surface area contributed by atoms with Crippen molar-refractivity contribution in [2.45, 2.75) is 18.2 Å². The van der Waals surface area contributed by atoms with Gasteiger partial charge in [-0.05, 0) is 12.5 Å². The molecule has 0 aliphatic carbocycles. The monoisotopic (exact) mass is 357 g/mol. The third-order valence-corrected chi connectivity index (χ3v) is 5.63. The number of sulfonamides is 1. The Morgan fingerprint density at radius 3 is 2.67 bits per heavy atom. The maximum atomic E-state index is 12.5. The fourth-order valence-electron chi connectivity index (χ4n) is 2.36. The minimum absolute atomic E-state index is 0.0715. The zero-order valence-electron chi connectivity index (χ0n) is 14.1. The van der Waals surface area contributed by atoms with Crippen molar-refractivity contribution in [2.75, 3.05) is 51.3 Å². The number of aromatic nitrogens is 1. The molecule has 0 spiro atoms. The molecule has 1 saturated heterocycles. The Morgan fingerprint density at radius 1 is 1.38 bits per heavy atom. The van der Waals surface area contributed by atoms with Gasteiger partial charge in [-0.25, -0.2) is 13.4 Å². The number of anilines is 1. The molecule has 0 atom stereocenters. The summed E-state index contributed by atoms with van der Waals surface area (Å²) in [5.41, 5.74) is 0. The zero-order chi connectivity index (χ0) is 17.6. The van der Waals surface area contributed by atoms with E-state index in [-0.39, 0.29) is 17.3 Å². The maximum Gasteiger partial charge on any atom is 0.274 e. The first-order valence-electron chi connectivity index (χ1n) is 8.02. The highest BCUT2D eigenvalue weighted by atomic mass is 32.2. The number of amides is 1. The van der Waals surface area contributed by atoms with Crippen molar-refractivity contribution < 1.29 is 22.9 Å². The van der Waals surface area contributed by atoms with Crippen LogP contribution in [0, 0.1) is 0 Å². The summed E-state index contributed by atoms with van der Waals surface area (Å²) in [5.74, 6) is 0.598. The van der Waals surface area contributed by atoms with Crippen LogP contribution in [0.3, 0.4) is 0 Å². The lowest BCUT2D eigenvalue weighted by molar-refractivity contribution is -0.366. The molecule has 24 heavy (non-hydrogen) atoms. The fraction of sp³-hybridized carbons (Fsp3) is 0.600. The highest BCUT2D eigenvalue weighted by molar-refractivity contribution is 7.89. The van der Waals surface area contributed by atoms with Crippen LogP contribution >= 0.6 is 0 Å². The molecule has 0 aromatic carbocycles. The largest absolute Gasteiger partial charge is 0.379 e. The molecule has 2 N–H and O–H groups in total. The molecule has 0 unspecified atom stereocenters. The zero-order valence-corrected chi connectivity index (χ0v) is 14.9. The van der Waals surface area contributed by atoms with E-state index in [1.54, 1.807) is 24.1 Å². The molecule has 2 heterocycles. The van der Waals surface area contributed by atoms with E-state index in [0.29, 0.717) is 38.7 Å². The molecule has 1 aliphatic rings. The van der Waals surface area contributed by atoms with E-state index in [1.165, 1.54) is 10.5 Å². The van der Waals surface area contributed by atoms with Gasteiger partial charge in [-0.1, -0.05) is 6.92 Å². The number of H-pyrrole nitrogens is 1. The average Bonchev–Trinajstić information content (AvgIpc) is 2.60. The second-order valence-electron chi connectivity index (χ2n) is 5.63. The number of rotatable bonds is 7. The standard InChI is InChI=1S/C15H24N4O4S/c1-3-6-16-15(20)12-18(2)14-5-4-13(11-17-14)24(21,22)19-7-9-23-10-8-19/h4-5,11H,3,6-10,12H2,1-2H3,(H,16,20)/p+1. The molecule has 0 radical (unpaired) electrons. The summed E-state index contributed by atoms with van der Waals surface area (Å²) in [6.07, 6.45) is 2.34. The van der Waals surface area contributed by atoms with E-state index in [2.05, 4.69) is 10.3 Å². The summed E-state index contributed by atoms with van der Waals surface area (Å²) in [5, 5.41) is 2.80. The van der Waals surface area contributed by atoms with Crippen LogP contribution < -0.4 is 15.2 Å². The third kappa shape index (κ3) is 4.65. The van der Waals surface area contributed by atoms with Crippen molar-refractivity contribution in [1.29, 1.82) is 0 Å². The molecule has 9 heteroatoms. The molecule has 134 valence electrons. The number of nitrogens with one attached hydrogen (secondary N) is 2. The molecular weight excluding hydrogens is 332 g/mol. The first-order valence-corrected chi connectivity index (χ1v) is 9.46. The number of ether oxygens (including phenoxy) is 1. The number of carbonyl (C=O) groups is 1. The maximum absolute atomic E-state index is 12.5. The predicted molar refractivity (Wildman–Crippen MR) is 89.1 cm³/mol. The Hall–Kier alpha value is -1.71. The Bertz CT molecular complexity index is 642. The van der Waals surface area contributed by atoms with Crippen LogP contribution in [-0.4, -0.2) is 65.1 Å². The van der Waals surface area contributed by atoms with Crippen LogP contribution in [0.1, 0.15) is 13.3 Å². The molecule has 1 aromatic heterocycles. The van der Waals surface area contributed by atoms with E-state index >= 15 is 0 Å². The first-order chi connectivity index (χ1) is 11.4. The third-order valence-electron chi connectivity index (χ3n) is 3.74. The second kappa shape index (κ2) is 8.41. The SMILES string of the molecule is CCCNC(=O)CN(C)c1ccc(S(=O)(=O)N2CCOCC2)c[nH+]1. The summed E-state index contributed by atoms with van der Waals surface area (Å²) < 4.78 is 31.7. The molecule has 2 rings (SSSR count). The predicted octanol–water partition coefficient (Wildman–Crippen LogP) is -0.516. The van der Waals surface area contributed by atoms with Crippen molar-refractivity contribution in [2.24, 2.45) is 0 Å². The number of aromatic amines is 1. The van der Waals surface area contributed by atoms with Crippen LogP contribution in [0.25, 0.3) is 0 Å². The summed E-state index contributed by atoms with van der Waals surface area (Å²) in [6.45, 7) is 4.39. The number of pyridine rings is 1. The van der Waals surface area contributed by atoms with Gasteiger partial charge in [-0.2, -0.15) is 4.31 Å². The molecule has 1 aliphatic heterocycles. The van der Waals surface area contributed by atoms with Gasteiger partial charge in [0.25, 0.3) is 11.7 Å². The van der Waals surface area contributed by atoms with Crippen LogP contribution in [0.5, 0.6) is 0 Å². The highest BCUT2D eigenvalue weighted by Crippen LogP contribution is 2.16. The van der Waals surface area contributed by atoms with E-state index in [1.807, 2.05) is 6.92 Å². The number of hydrogen-bond acceptors (Lipinski definition) is 5. The first kappa shape index (κ1) is 18.6. The lowest BCUT2D eigenvalue weighted by Crippen LogP contribution is -2.41. The lowest BCUT2D eigenvalue weighted by atomic mass is 10.4. The minimum Gasteiger partial charge on any atom is -0.379 e. The van der Waals surface area contributed by atoms with Crippen molar-refractivity contribution in [3.63, 3.8) is 0 Å². The average molecular weight is 357 g/mol. The summed E-state index contributed by atoms with van der Waals surface area (Å²) in [6, 6.07) is 3.22. The van der Waals surface area contributed by atoms with Crippen LogP contribution in [0.2, 0.25) is 0 Å². The van der Waals surface area contributed by atoms with Crippen molar-refractivity contribution in [3.8, 4) is 0 Å². The van der Waals surface area contributed by atoms with E-state index in [4.69, 9.17) is 4.74 Å². The molecule has 0 saturated carbocycles. The van der Waals surface area contributed by atoms with Crippen LogP contribution in [0.4, 0.5) is 5.82 Å². The van der Waals surface area contributed by atoms with E-state index in [9.17, 15) is 13.2 Å². The van der Waals surface area contributed by atoms with Crippen LogP contribution in [0.15, 0.2) is 23.2 Å². The van der Waals surface area contributed by atoms with Crippen molar-refractivity contribution >= 4 is 21.7 Å². The number of carbonyl (C=O) groups excluding carboxylic acids is 1. The number of likely N-dealkylation sites (N-methyl/N-ethyl adjacent to an activating group) is 1. The van der Waals surface area contributed by atoms with Gasteiger partial charge in [0.15, 0.2) is 6.54 Å². The summed E-state index contributed by atoms with van der Waals surface area (Å²) in [4.78, 5) is 16.6. The summed E-state index contributed by atoms with van der Waals surface area (Å²) >= 11 is 0. The normalized spacial score (nSPS) is 15.9. The lowest BCUT2D eigenvalue weighted by Gasteiger charge is -2.25. The topological polar surface area (TPSA) is 93.1 Å². The van der Waals surface area contributed by atoms with Gasteiger partial charge in [0.2, 0.25) is 10.0 Å². The second-order valence-corrected chi connectivity index (χ2v) is 7.57. The van der Waals surface area contributed by atoms with Gasteiger partial charge in [-0.3, -0.25) is 9.69 Å². The molecule has 8 nitrogen and oxygen atoms in total. The molecule has 1 amide bonds. The van der Waals surface area contributed by atoms with Crippen molar-refractivity contribution in [3.05, 3.63) is 18.3 Å². The van der Waals surface area contributed by atoms with Gasteiger partial charge in [0.1, 0.15) is 11.1 Å². The molecule has 1 aromatic rings.